The molecule has 0 radical (unpaired) electrons. The van der Waals surface area contributed by atoms with Crippen LogP contribution in [0.4, 0.5) is 5.69 Å². The van der Waals surface area contributed by atoms with Crippen molar-refractivity contribution in [2.24, 2.45) is 0 Å². The van der Waals surface area contributed by atoms with E-state index in [1.807, 2.05) is 18.2 Å². The molecular formula is C15H23N3S. The van der Waals surface area contributed by atoms with Crippen molar-refractivity contribution in [3.63, 3.8) is 0 Å². The molecule has 1 aromatic carbocycles. The first-order valence-electron chi connectivity index (χ1n) is 6.73. The molecule has 0 aliphatic heterocycles. The second kappa shape index (κ2) is 8.84. The minimum atomic E-state index is 0.780. The van der Waals surface area contributed by atoms with E-state index in [0.29, 0.717) is 0 Å². The Morgan fingerprint density at radius 2 is 2.11 bits per heavy atom. The first kappa shape index (κ1) is 15.9. The van der Waals surface area contributed by atoms with Crippen molar-refractivity contribution >= 4 is 17.4 Å². The van der Waals surface area contributed by atoms with Gasteiger partial charge in [0.05, 0.1) is 11.3 Å². The fourth-order valence-electron chi connectivity index (χ4n) is 1.85. The van der Waals surface area contributed by atoms with Crippen molar-refractivity contribution in [3.05, 3.63) is 23.8 Å². The molecule has 0 bridgehead atoms. The van der Waals surface area contributed by atoms with Crippen molar-refractivity contribution in [1.29, 1.82) is 5.26 Å². The fraction of sp³-hybridized carbons (Fsp3) is 0.533. The quantitative estimate of drug-likeness (QED) is 0.584. The van der Waals surface area contributed by atoms with Crippen molar-refractivity contribution in [2.45, 2.75) is 24.7 Å². The molecule has 0 spiro atoms. The monoisotopic (exact) mass is 277 g/mol. The maximum Gasteiger partial charge on any atom is 0.102 e. The third-order valence-corrected chi connectivity index (χ3v) is 3.73. The number of rotatable bonds is 8. The van der Waals surface area contributed by atoms with Crippen LogP contribution < -0.4 is 5.32 Å². The minimum absolute atomic E-state index is 0.780. The first-order chi connectivity index (χ1) is 9.19. The van der Waals surface area contributed by atoms with E-state index in [0.717, 1.165) is 41.4 Å². The van der Waals surface area contributed by atoms with E-state index in [4.69, 9.17) is 0 Å². The highest BCUT2D eigenvalue weighted by molar-refractivity contribution is 7.99. The Kier molecular flexibility index (Phi) is 7.39. The van der Waals surface area contributed by atoms with Gasteiger partial charge in [0.15, 0.2) is 0 Å². The molecule has 0 aliphatic carbocycles. The van der Waals surface area contributed by atoms with Gasteiger partial charge in [-0.05, 0) is 51.4 Å². The largest absolute Gasteiger partial charge is 0.384 e. The summed E-state index contributed by atoms with van der Waals surface area (Å²) in [6.07, 6.45) is 2.29. The van der Waals surface area contributed by atoms with Gasteiger partial charge in [-0.3, -0.25) is 0 Å². The molecule has 4 heteroatoms. The van der Waals surface area contributed by atoms with E-state index >= 15 is 0 Å². The number of anilines is 1. The van der Waals surface area contributed by atoms with E-state index in [-0.39, 0.29) is 0 Å². The van der Waals surface area contributed by atoms with Crippen LogP contribution in [0.1, 0.15) is 25.3 Å². The molecule has 0 heterocycles. The van der Waals surface area contributed by atoms with Gasteiger partial charge in [0.1, 0.15) is 6.07 Å². The van der Waals surface area contributed by atoms with E-state index in [2.05, 4.69) is 37.3 Å². The summed E-state index contributed by atoms with van der Waals surface area (Å²) in [6, 6.07) is 8.34. The molecule has 0 aliphatic rings. The van der Waals surface area contributed by atoms with Gasteiger partial charge in [-0.15, -0.1) is 11.8 Å². The Hall–Kier alpha value is -1.18. The van der Waals surface area contributed by atoms with Gasteiger partial charge >= 0.3 is 0 Å². The molecule has 0 amide bonds. The van der Waals surface area contributed by atoms with Crippen LogP contribution in [0, 0.1) is 11.3 Å². The van der Waals surface area contributed by atoms with Crippen LogP contribution in [0.5, 0.6) is 0 Å². The highest BCUT2D eigenvalue weighted by Crippen LogP contribution is 2.27. The van der Waals surface area contributed by atoms with Crippen LogP contribution >= 0.6 is 11.8 Å². The van der Waals surface area contributed by atoms with Gasteiger partial charge in [-0.1, -0.05) is 13.0 Å². The normalized spacial score (nSPS) is 10.5. The molecular weight excluding hydrogens is 254 g/mol. The van der Waals surface area contributed by atoms with Crippen molar-refractivity contribution in [2.75, 3.05) is 38.3 Å². The fourth-order valence-corrected chi connectivity index (χ4v) is 2.63. The smallest absolute Gasteiger partial charge is 0.102 e. The Balaban J connectivity index is 2.54. The second-order valence-electron chi connectivity index (χ2n) is 4.66. The van der Waals surface area contributed by atoms with Gasteiger partial charge in [0.2, 0.25) is 0 Å². The Bertz CT molecular complexity index is 424. The van der Waals surface area contributed by atoms with Crippen LogP contribution in [-0.2, 0) is 0 Å². The van der Waals surface area contributed by atoms with Gasteiger partial charge < -0.3 is 10.2 Å². The number of unbranched alkanes of at least 4 members (excludes halogenated alkanes) is 1. The molecule has 0 aromatic heterocycles. The van der Waals surface area contributed by atoms with E-state index in [1.54, 1.807) is 11.8 Å². The van der Waals surface area contributed by atoms with E-state index < -0.39 is 0 Å². The standard InChI is InChI=1S/C15H23N3S/c1-4-19-15-9-7-8-14(13(15)12-16)17-10-5-6-11-18(2)3/h7-9,17H,4-6,10-11H2,1-3H3. The van der Waals surface area contributed by atoms with Gasteiger partial charge in [-0.25, -0.2) is 0 Å². The molecule has 3 nitrogen and oxygen atoms in total. The summed E-state index contributed by atoms with van der Waals surface area (Å²) >= 11 is 1.72. The molecule has 0 fully saturated rings. The van der Waals surface area contributed by atoms with Gasteiger partial charge in [0.25, 0.3) is 0 Å². The molecule has 1 N–H and O–H groups in total. The van der Waals surface area contributed by atoms with Crippen LogP contribution in [-0.4, -0.2) is 37.8 Å². The maximum absolute atomic E-state index is 9.29. The highest BCUT2D eigenvalue weighted by Gasteiger charge is 2.07. The summed E-state index contributed by atoms with van der Waals surface area (Å²) in [6.45, 7) is 4.13. The number of nitrogens with one attached hydrogen (secondary N) is 1. The zero-order chi connectivity index (χ0) is 14.1. The first-order valence-corrected chi connectivity index (χ1v) is 7.72. The number of hydrogen-bond acceptors (Lipinski definition) is 4. The molecule has 0 saturated carbocycles. The van der Waals surface area contributed by atoms with Crippen molar-refractivity contribution in [3.8, 4) is 6.07 Å². The zero-order valence-corrected chi connectivity index (χ0v) is 12.9. The predicted molar refractivity (Wildman–Crippen MR) is 83.8 cm³/mol. The summed E-state index contributed by atoms with van der Waals surface area (Å²) in [5, 5.41) is 12.7. The lowest BCUT2D eigenvalue weighted by atomic mass is 10.2. The number of benzene rings is 1. The van der Waals surface area contributed by atoms with E-state index in [9.17, 15) is 5.26 Å². The lowest BCUT2D eigenvalue weighted by Crippen LogP contribution is -2.14. The van der Waals surface area contributed by atoms with E-state index in [1.165, 1.54) is 6.42 Å². The number of thioether (sulfide) groups is 1. The van der Waals surface area contributed by atoms with Crippen LogP contribution in [0.3, 0.4) is 0 Å². The minimum Gasteiger partial charge on any atom is -0.384 e. The number of nitrogens with zero attached hydrogens (tertiary/aromatic N) is 2. The Morgan fingerprint density at radius 1 is 1.32 bits per heavy atom. The molecule has 19 heavy (non-hydrogen) atoms. The maximum atomic E-state index is 9.29. The summed E-state index contributed by atoms with van der Waals surface area (Å²) < 4.78 is 0. The third kappa shape index (κ3) is 5.54. The summed E-state index contributed by atoms with van der Waals surface area (Å²) in [4.78, 5) is 3.27. The topological polar surface area (TPSA) is 39.1 Å². The lowest BCUT2D eigenvalue weighted by Gasteiger charge is -2.12. The SMILES string of the molecule is CCSc1cccc(NCCCCN(C)C)c1C#N. The van der Waals surface area contributed by atoms with Crippen molar-refractivity contribution in [1.82, 2.24) is 4.90 Å². The molecule has 104 valence electrons. The Morgan fingerprint density at radius 3 is 2.74 bits per heavy atom. The number of nitriles is 1. The molecule has 1 rings (SSSR count). The van der Waals surface area contributed by atoms with Crippen LogP contribution in [0.2, 0.25) is 0 Å². The third-order valence-electron chi connectivity index (χ3n) is 2.79. The average Bonchev–Trinajstić information content (AvgIpc) is 2.38. The van der Waals surface area contributed by atoms with Gasteiger partial charge in [-0.2, -0.15) is 5.26 Å². The Labute approximate surface area is 121 Å². The highest BCUT2D eigenvalue weighted by atomic mass is 32.2. The summed E-state index contributed by atoms with van der Waals surface area (Å²) in [7, 11) is 4.18. The lowest BCUT2D eigenvalue weighted by molar-refractivity contribution is 0.396. The molecule has 0 unspecified atom stereocenters. The van der Waals surface area contributed by atoms with Crippen molar-refractivity contribution < 1.29 is 0 Å². The van der Waals surface area contributed by atoms with Gasteiger partial charge in [0, 0.05) is 11.4 Å². The average molecular weight is 277 g/mol. The van der Waals surface area contributed by atoms with Crippen LogP contribution in [0.25, 0.3) is 0 Å². The van der Waals surface area contributed by atoms with Crippen LogP contribution in [0.15, 0.2) is 23.1 Å². The zero-order valence-electron chi connectivity index (χ0n) is 12.1. The number of hydrogen-bond donors (Lipinski definition) is 1. The molecule has 0 atom stereocenters. The molecule has 0 saturated heterocycles. The predicted octanol–water partition coefficient (Wildman–Crippen LogP) is 3.42. The molecule has 1 aromatic rings. The summed E-state index contributed by atoms with van der Waals surface area (Å²) in [5.41, 5.74) is 1.74. The second-order valence-corrected chi connectivity index (χ2v) is 5.97. The summed E-state index contributed by atoms with van der Waals surface area (Å²) in [5.74, 6) is 0.987.